The number of hydrogen-bond acceptors (Lipinski definition) is 0. The molecule has 0 fully saturated rings. The molecule has 0 radical (unpaired) electrons. The van der Waals surface area contributed by atoms with Crippen molar-refractivity contribution in [2.75, 3.05) is 0 Å². The minimum absolute atomic E-state index is 0.867. The molecule has 0 spiro atoms. The van der Waals surface area contributed by atoms with Crippen LogP contribution in [-0.2, 0) is 0 Å². The van der Waals surface area contributed by atoms with Crippen LogP contribution in [0.4, 0.5) is 0 Å². The molecule has 18 valence electrons. The van der Waals surface area contributed by atoms with Gasteiger partial charge in [-0.3, -0.25) is 0 Å². The Morgan fingerprint density at radius 2 is 2.25 bits per heavy atom. The normalized spacial score (nSPS) is 6.50. The van der Waals surface area contributed by atoms with Gasteiger partial charge >= 0.3 is 67.7 Å². The third kappa shape index (κ3) is 3.55. The molecule has 0 N–H and O–H groups in total. The molecule has 0 aromatic heterocycles. The maximum absolute atomic E-state index is 3.53. The van der Waals surface area contributed by atoms with Crippen molar-refractivity contribution >= 4 is 55.5 Å². The van der Waals surface area contributed by atoms with Crippen molar-refractivity contribution in [1.82, 2.24) is 0 Å². The zero-order valence-corrected chi connectivity index (χ0v) is 7.91. The van der Waals surface area contributed by atoms with Crippen molar-refractivity contribution in [3.63, 3.8) is 0 Å². The molecule has 0 amide bonds. The van der Waals surface area contributed by atoms with Crippen LogP contribution in [0.2, 0.25) is -0.511 Å². The zero-order chi connectivity index (χ0) is 3.41. The molecule has 0 aromatic carbocycles. The van der Waals surface area contributed by atoms with Crippen molar-refractivity contribution in [2.24, 2.45) is 0 Å². The van der Waals surface area contributed by atoms with Crippen LogP contribution in [0.5, 0.6) is 0 Å². The molecule has 0 bridgehead atoms. The van der Waals surface area contributed by atoms with E-state index < -0.39 is 0 Å². The molecule has 0 aromatic rings. The minimum atomic E-state index is 0.867. The molecule has 4 heavy (non-hydrogen) atoms. The molecule has 0 aliphatic heterocycles. The second kappa shape index (κ2) is 4.55. The molecular weight excluding hydrogens is 122 g/mol. The van der Waals surface area contributed by atoms with Gasteiger partial charge in [-0.05, 0) is 0 Å². The van der Waals surface area contributed by atoms with Crippen molar-refractivity contribution in [1.29, 1.82) is 0 Å². The SMILES string of the molecule is C=C[CH2][Rb]. The topological polar surface area (TPSA) is 0 Å². The van der Waals surface area contributed by atoms with Gasteiger partial charge in [-0.2, -0.15) is 0 Å². The second-order valence-corrected chi connectivity index (χ2v) is 2.70. The van der Waals surface area contributed by atoms with Gasteiger partial charge in [0.1, 0.15) is 0 Å². The van der Waals surface area contributed by atoms with Gasteiger partial charge in [0.15, 0.2) is 0 Å². The Morgan fingerprint density at radius 1 is 2.00 bits per heavy atom. The van der Waals surface area contributed by atoms with E-state index in [1.807, 2.05) is 6.08 Å². The third-order valence-electron chi connectivity index (χ3n) is 0.289. The predicted octanol–water partition coefficient (Wildman–Crippen LogP) is 0.759. The quantitative estimate of drug-likeness (QED) is 0.455. The zero-order valence-electron chi connectivity index (χ0n) is 2.99. The standard InChI is InChI=1S/C3H5.Rb/c1-3-2;/h3H,1-2H2;. The molecule has 0 aliphatic rings. The van der Waals surface area contributed by atoms with Crippen LogP contribution in [0.1, 0.15) is 0 Å². The average Bonchev–Trinajstić information content (AvgIpc) is 1.37. The van der Waals surface area contributed by atoms with Crippen molar-refractivity contribution < 1.29 is 0 Å². The fourth-order valence-corrected chi connectivity index (χ4v) is 0. The molecule has 0 saturated carbocycles. The summed E-state index contributed by atoms with van der Waals surface area (Å²) in [6.07, 6.45) is 1.97. The van der Waals surface area contributed by atoms with Crippen molar-refractivity contribution in [3.05, 3.63) is 12.7 Å². The molecule has 0 atom stereocenters. The average molecular weight is 127 g/mol. The Labute approximate surface area is 66.0 Å². The van der Waals surface area contributed by atoms with E-state index in [1.54, 1.807) is 0 Å². The Balaban J connectivity index is 2.30. The Bertz CT molecular complexity index is 17.2. The van der Waals surface area contributed by atoms with Crippen LogP contribution in [0.3, 0.4) is 0 Å². The summed E-state index contributed by atoms with van der Waals surface area (Å²) in [6, 6.07) is 0. The molecule has 0 aliphatic carbocycles. The Hall–Kier alpha value is 1.55. The van der Waals surface area contributed by atoms with Gasteiger partial charge in [0.2, 0.25) is 0 Å². The molecular formula is C3H5Rb. The Kier molecular flexibility index (Phi) is 6.30. The molecule has 1 heteroatoms. The predicted molar refractivity (Wildman–Crippen MR) is 20.8 cm³/mol. The fraction of sp³-hybridized carbons (Fsp3) is 0.333. The first-order chi connectivity index (χ1) is 1.91. The van der Waals surface area contributed by atoms with Gasteiger partial charge in [0, 0.05) is 0 Å². The van der Waals surface area contributed by atoms with Crippen LogP contribution in [0, 0.1) is 0 Å². The fourth-order valence-electron chi connectivity index (χ4n) is 0. The summed E-state index contributed by atoms with van der Waals surface area (Å²) in [5.41, 5.74) is 0. The first-order valence-corrected chi connectivity index (χ1v) is 5.00. The molecule has 0 rings (SSSR count). The molecule has 0 nitrogen and oxygen atoms in total. The van der Waals surface area contributed by atoms with E-state index in [2.05, 4.69) is 6.58 Å². The van der Waals surface area contributed by atoms with Gasteiger partial charge in [0.05, 0.1) is 0 Å². The summed E-state index contributed by atoms with van der Waals surface area (Å²) in [7, 11) is 0. The number of hydrogen-bond donors (Lipinski definition) is 0. The van der Waals surface area contributed by atoms with Crippen molar-refractivity contribution in [2.45, 2.75) is -0.511 Å². The number of rotatable bonds is 1. The van der Waals surface area contributed by atoms with Crippen LogP contribution in [0.15, 0.2) is 12.7 Å². The summed E-state index contributed by atoms with van der Waals surface area (Å²) in [5.74, 6) is 0. The van der Waals surface area contributed by atoms with Gasteiger partial charge in [0.25, 0.3) is 0 Å². The van der Waals surface area contributed by atoms with E-state index in [-0.39, 0.29) is 0 Å². The maximum atomic E-state index is 3.53. The summed E-state index contributed by atoms with van der Waals surface area (Å²) >= 11 is 0.867. The van der Waals surface area contributed by atoms with Crippen LogP contribution >= 0.6 is 0 Å². The van der Waals surface area contributed by atoms with Gasteiger partial charge in [-0.15, -0.1) is 0 Å². The van der Waals surface area contributed by atoms with E-state index in [0.29, 0.717) is 0 Å². The summed E-state index contributed by atoms with van der Waals surface area (Å²) in [6.45, 7) is 3.53. The van der Waals surface area contributed by atoms with Crippen LogP contribution in [0.25, 0.3) is 0 Å². The summed E-state index contributed by atoms with van der Waals surface area (Å²) in [5, 5.41) is 0. The monoisotopic (exact) mass is 126 g/mol. The first-order valence-electron chi connectivity index (χ1n) is 1.52. The molecule has 0 saturated heterocycles. The van der Waals surface area contributed by atoms with Gasteiger partial charge < -0.3 is 0 Å². The van der Waals surface area contributed by atoms with Crippen LogP contribution in [-0.4, -0.2) is 55.5 Å². The third-order valence-corrected chi connectivity index (χ3v) is 1.71. The van der Waals surface area contributed by atoms with Crippen molar-refractivity contribution in [3.8, 4) is 0 Å². The van der Waals surface area contributed by atoms with Gasteiger partial charge in [-0.25, -0.2) is 0 Å². The summed E-state index contributed by atoms with van der Waals surface area (Å²) in [4.78, 5) is 0. The van der Waals surface area contributed by atoms with E-state index in [9.17, 15) is 0 Å². The van der Waals surface area contributed by atoms with Crippen LogP contribution < -0.4 is 0 Å². The Morgan fingerprint density at radius 3 is 2.25 bits per heavy atom. The van der Waals surface area contributed by atoms with Gasteiger partial charge in [-0.1, -0.05) is 0 Å². The second-order valence-electron chi connectivity index (χ2n) is 0.697. The molecule has 0 unspecified atom stereocenters. The van der Waals surface area contributed by atoms with E-state index >= 15 is 0 Å². The summed E-state index contributed by atoms with van der Waals surface area (Å²) < 4.78 is 1.29. The van der Waals surface area contributed by atoms with E-state index in [0.717, 1.165) is 55.5 Å². The van der Waals surface area contributed by atoms with E-state index in [4.69, 9.17) is 0 Å². The number of allylic oxidation sites excluding steroid dienone is 1. The first kappa shape index (κ1) is 5.55. The molecule has 0 heterocycles. The van der Waals surface area contributed by atoms with E-state index in [1.165, 1.54) is -0.511 Å².